The highest BCUT2D eigenvalue weighted by atomic mass is 19.1. The Morgan fingerprint density at radius 2 is 1.84 bits per heavy atom. The average molecular weight is 426 g/mol. The molecule has 0 saturated carbocycles. The van der Waals surface area contributed by atoms with Gasteiger partial charge >= 0.3 is 5.97 Å². The average Bonchev–Trinajstić information content (AvgIpc) is 3.18. The maximum absolute atomic E-state index is 13.5. The zero-order valence-electron chi connectivity index (χ0n) is 18.3. The van der Waals surface area contributed by atoms with E-state index in [-0.39, 0.29) is 23.5 Å². The number of methoxy groups -OCH3 is 2. The third-order valence-electron chi connectivity index (χ3n) is 5.77. The van der Waals surface area contributed by atoms with E-state index in [0.29, 0.717) is 11.3 Å². The van der Waals surface area contributed by atoms with Gasteiger partial charge in [-0.05, 0) is 49.1 Å². The van der Waals surface area contributed by atoms with E-state index in [0.717, 1.165) is 42.7 Å². The fraction of sp³-hybridized carbons (Fsp3) is 0.435. The van der Waals surface area contributed by atoms with Crippen LogP contribution in [-0.2, 0) is 9.47 Å². The Kier molecular flexibility index (Phi) is 5.91. The molecule has 1 aliphatic heterocycles. The summed E-state index contributed by atoms with van der Waals surface area (Å²) in [6.45, 7) is 5.76. The third-order valence-corrected chi connectivity index (χ3v) is 5.77. The first kappa shape index (κ1) is 21.2. The first-order valence-electron chi connectivity index (χ1n) is 10.5. The molecule has 0 radical (unpaired) electrons. The van der Waals surface area contributed by atoms with Gasteiger partial charge < -0.3 is 14.4 Å². The Balaban J connectivity index is 1.95. The largest absolute Gasteiger partial charge is 0.464 e. The molecule has 0 amide bonds. The number of anilines is 1. The lowest BCUT2D eigenvalue weighted by Gasteiger charge is -2.33. The van der Waals surface area contributed by atoms with Crippen molar-refractivity contribution in [1.29, 1.82) is 0 Å². The Labute approximate surface area is 180 Å². The highest BCUT2D eigenvalue weighted by molar-refractivity contribution is 5.99. The van der Waals surface area contributed by atoms with Crippen LogP contribution in [0.4, 0.5) is 10.1 Å². The molecule has 4 rings (SSSR count). The van der Waals surface area contributed by atoms with Crippen LogP contribution in [0.1, 0.15) is 48.8 Å². The van der Waals surface area contributed by atoms with E-state index >= 15 is 0 Å². The van der Waals surface area contributed by atoms with Crippen molar-refractivity contribution in [3.05, 3.63) is 47.5 Å². The zero-order valence-corrected chi connectivity index (χ0v) is 18.3. The highest BCUT2D eigenvalue weighted by Gasteiger charge is 2.27. The maximum atomic E-state index is 13.5. The standard InChI is InChI=1S/C23H27FN4O3/c1-14(2)21-20-19(27-11-9-17(30-3)10-12-27)13-18(23(29)31-4)25-22(20)28(26-21)16-7-5-15(24)6-8-16/h5-8,13-14,17H,9-12H2,1-4H3. The minimum Gasteiger partial charge on any atom is -0.464 e. The summed E-state index contributed by atoms with van der Waals surface area (Å²) in [5.41, 5.74) is 3.25. The van der Waals surface area contributed by atoms with Crippen LogP contribution in [0, 0.1) is 5.82 Å². The Hall–Kier alpha value is -3.00. The number of hydrogen-bond acceptors (Lipinski definition) is 6. The second-order valence-electron chi connectivity index (χ2n) is 8.07. The molecule has 0 atom stereocenters. The van der Waals surface area contributed by atoms with Gasteiger partial charge in [-0.2, -0.15) is 5.10 Å². The second-order valence-corrected chi connectivity index (χ2v) is 8.07. The van der Waals surface area contributed by atoms with Crippen LogP contribution in [0.3, 0.4) is 0 Å². The van der Waals surface area contributed by atoms with E-state index in [1.54, 1.807) is 30.0 Å². The van der Waals surface area contributed by atoms with Crippen LogP contribution in [-0.4, -0.2) is 54.1 Å². The molecule has 0 spiro atoms. The van der Waals surface area contributed by atoms with Gasteiger partial charge in [0.25, 0.3) is 0 Å². The Morgan fingerprint density at radius 3 is 2.42 bits per heavy atom. The molecule has 3 heterocycles. The van der Waals surface area contributed by atoms with E-state index in [1.165, 1.54) is 19.2 Å². The number of aromatic nitrogens is 3. The molecule has 0 bridgehead atoms. The quantitative estimate of drug-likeness (QED) is 0.573. The summed E-state index contributed by atoms with van der Waals surface area (Å²) in [6.07, 6.45) is 2.04. The third kappa shape index (κ3) is 3.99. The number of ether oxygens (including phenoxy) is 2. The number of pyridine rings is 1. The first-order chi connectivity index (χ1) is 14.9. The van der Waals surface area contributed by atoms with Gasteiger partial charge in [-0.15, -0.1) is 0 Å². The number of benzene rings is 1. The van der Waals surface area contributed by atoms with Crippen molar-refractivity contribution in [1.82, 2.24) is 14.8 Å². The number of hydrogen-bond donors (Lipinski definition) is 0. The molecule has 1 aromatic carbocycles. The van der Waals surface area contributed by atoms with Gasteiger partial charge in [-0.1, -0.05) is 13.8 Å². The predicted molar refractivity (Wildman–Crippen MR) is 116 cm³/mol. The van der Waals surface area contributed by atoms with Crippen LogP contribution in [0.2, 0.25) is 0 Å². The molecule has 2 aromatic heterocycles. The molecule has 1 aliphatic rings. The summed E-state index contributed by atoms with van der Waals surface area (Å²) in [5.74, 6) is -0.702. The molecule has 164 valence electrons. The van der Waals surface area contributed by atoms with Crippen molar-refractivity contribution in [3.63, 3.8) is 0 Å². The Bertz CT molecular complexity index is 1090. The van der Waals surface area contributed by atoms with E-state index in [2.05, 4.69) is 23.7 Å². The number of carbonyl (C=O) groups is 1. The van der Waals surface area contributed by atoms with Gasteiger partial charge in [-0.25, -0.2) is 18.9 Å². The molecule has 0 N–H and O–H groups in total. The van der Waals surface area contributed by atoms with E-state index in [4.69, 9.17) is 14.6 Å². The number of esters is 1. The second kappa shape index (κ2) is 8.63. The summed E-state index contributed by atoms with van der Waals surface area (Å²) in [5, 5.41) is 5.74. The fourth-order valence-electron chi connectivity index (χ4n) is 4.08. The lowest BCUT2D eigenvalue weighted by Crippen LogP contribution is -2.37. The summed E-state index contributed by atoms with van der Waals surface area (Å²) < 4.78 is 25.7. The van der Waals surface area contributed by atoms with E-state index in [9.17, 15) is 9.18 Å². The van der Waals surface area contributed by atoms with Crippen LogP contribution >= 0.6 is 0 Å². The van der Waals surface area contributed by atoms with Crippen molar-refractivity contribution in [3.8, 4) is 5.69 Å². The number of halogens is 1. The molecule has 7 nitrogen and oxygen atoms in total. The van der Waals surface area contributed by atoms with Crippen molar-refractivity contribution in [2.24, 2.45) is 0 Å². The summed E-state index contributed by atoms with van der Waals surface area (Å²) in [4.78, 5) is 19.3. The van der Waals surface area contributed by atoms with Gasteiger partial charge in [0.2, 0.25) is 0 Å². The molecule has 3 aromatic rings. The van der Waals surface area contributed by atoms with Gasteiger partial charge in [0, 0.05) is 20.2 Å². The van der Waals surface area contributed by atoms with Gasteiger partial charge in [0.05, 0.1) is 35.7 Å². The van der Waals surface area contributed by atoms with Gasteiger partial charge in [0.1, 0.15) is 5.82 Å². The fourth-order valence-corrected chi connectivity index (χ4v) is 4.08. The Morgan fingerprint density at radius 1 is 1.16 bits per heavy atom. The summed E-state index contributed by atoms with van der Waals surface area (Å²) in [7, 11) is 3.08. The van der Waals surface area contributed by atoms with Crippen LogP contribution in [0.25, 0.3) is 16.7 Å². The van der Waals surface area contributed by atoms with Crippen LogP contribution in [0.5, 0.6) is 0 Å². The number of fused-ring (bicyclic) bond motifs is 1. The monoisotopic (exact) mass is 426 g/mol. The predicted octanol–water partition coefficient (Wildman–Crippen LogP) is 4.08. The lowest BCUT2D eigenvalue weighted by molar-refractivity contribution is 0.0594. The highest BCUT2D eigenvalue weighted by Crippen LogP contribution is 2.36. The van der Waals surface area contributed by atoms with Crippen LogP contribution < -0.4 is 4.90 Å². The molecular formula is C23H27FN4O3. The van der Waals surface area contributed by atoms with Gasteiger partial charge in [0.15, 0.2) is 11.3 Å². The smallest absolute Gasteiger partial charge is 0.356 e. The SMILES string of the molecule is COC(=O)c1cc(N2CCC(OC)CC2)c2c(C(C)C)nn(-c3ccc(F)cc3)c2n1. The van der Waals surface area contributed by atoms with E-state index < -0.39 is 5.97 Å². The molecular weight excluding hydrogens is 399 g/mol. The van der Waals surface area contributed by atoms with Gasteiger partial charge in [-0.3, -0.25) is 0 Å². The topological polar surface area (TPSA) is 69.5 Å². The van der Waals surface area contributed by atoms with Crippen molar-refractivity contribution in [2.75, 3.05) is 32.2 Å². The number of piperidine rings is 1. The lowest BCUT2D eigenvalue weighted by atomic mass is 10.0. The normalized spacial score (nSPS) is 15.1. The van der Waals surface area contributed by atoms with Crippen molar-refractivity contribution < 1.29 is 18.7 Å². The molecule has 31 heavy (non-hydrogen) atoms. The van der Waals surface area contributed by atoms with Crippen molar-refractivity contribution in [2.45, 2.75) is 38.7 Å². The zero-order chi connectivity index (χ0) is 22.1. The number of carbonyl (C=O) groups excluding carboxylic acids is 1. The van der Waals surface area contributed by atoms with Crippen LogP contribution in [0.15, 0.2) is 30.3 Å². The number of nitrogens with zero attached hydrogens (tertiary/aromatic N) is 4. The maximum Gasteiger partial charge on any atom is 0.356 e. The number of rotatable bonds is 5. The summed E-state index contributed by atoms with van der Waals surface area (Å²) >= 11 is 0. The van der Waals surface area contributed by atoms with E-state index in [1.807, 2.05) is 0 Å². The minimum absolute atomic E-state index is 0.130. The molecule has 1 saturated heterocycles. The summed E-state index contributed by atoms with van der Waals surface area (Å²) in [6, 6.07) is 7.88. The minimum atomic E-state index is -0.507. The molecule has 8 heteroatoms. The first-order valence-corrected chi connectivity index (χ1v) is 10.5. The molecule has 1 fully saturated rings. The molecule has 0 unspecified atom stereocenters. The molecule has 0 aliphatic carbocycles. The van der Waals surface area contributed by atoms with Crippen molar-refractivity contribution >= 4 is 22.7 Å².